The van der Waals surface area contributed by atoms with Gasteiger partial charge in [-0.25, -0.2) is 19.6 Å². The molecule has 3 aliphatic heterocycles. The van der Waals surface area contributed by atoms with E-state index in [0.29, 0.717) is 57.2 Å². The molecule has 0 unspecified atom stereocenters. The number of aromatic amines is 2. The summed E-state index contributed by atoms with van der Waals surface area (Å²) in [5, 5.41) is 7.57. The van der Waals surface area contributed by atoms with E-state index in [-0.39, 0.29) is 36.9 Å². The SMILES string of the molecule is COC(=O)N[C@H](C(=O)N1CCC[C@H]1c1nc2ccc3cc(-c4ccc(-c5cnc(CN(CC6(C)OCCO6)C(=O)[C@H](NC(=O)OC)c6ccccc6)[nH]5)cc4)ccc3c2[nH]1)C1CCOCC1. The minimum absolute atomic E-state index is 0.0452. The third-order valence-electron chi connectivity index (χ3n) is 12.8. The minimum Gasteiger partial charge on any atom is -0.453 e. The second-order valence-corrected chi connectivity index (χ2v) is 17.1. The van der Waals surface area contributed by atoms with Crippen LogP contribution in [-0.2, 0) is 39.8 Å². The third kappa shape index (κ3) is 9.45. The zero-order valence-electron chi connectivity index (χ0n) is 37.2. The van der Waals surface area contributed by atoms with E-state index in [1.54, 1.807) is 42.3 Å². The van der Waals surface area contributed by atoms with Crippen molar-refractivity contribution in [1.82, 2.24) is 40.4 Å². The van der Waals surface area contributed by atoms with E-state index in [0.717, 1.165) is 62.9 Å². The summed E-state index contributed by atoms with van der Waals surface area (Å²) in [6, 6.07) is 25.6. The van der Waals surface area contributed by atoms with Gasteiger partial charge in [-0.3, -0.25) is 9.59 Å². The molecule has 0 aliphatic carbocycles. The van der Waals surface area contributed by atoms with Crippen molar-refractivity contribution in [3.05, 3.63) is 108 Å². The molecular formula is C49H54N8O9. The summed E-state index contributed by atoms with van der Waals surface area (Å²) in [5.41, 5.74) is 6.06. The lowest BCUT2D eigenvalue weighted by atomic mass is 9.90. The van der Waals surface area contributed by atoms with Gasteiger partial charge in [0.1, 0.15) is 23.7 Å². The fourth-order valence-electron chi connectivity index (χ4n) is 9.39. The average Bonchev–Trinajstić information content (AvgIpc) is 4.20. The zero-order valence-corrected chi connectivity index (χ0v) is 37.2. The van der Waals surface area contributed by atoms with Crippen molar-refractivity contribution in [3.63, 3.8) is 0 Å². The fourth-order valence-corrected chi connectivity index (χ4v) is 9.39. The molecule has 4 aromatic carbocycles. The van der Waals surface area contributed by atoms with Gasteiger partial charge in [0.25, 0.3) is 5.91 Å². The molecule has 0 spiro atoms. The number of aromatic nitrogens is 4. The Kier molecular flexibility index (Phi) is 13.0. The standard InChI is InChI=1S/C49H54N8O9/c1-49(65-24-25-66-49)29-56(45(58)41(54-47(60)62-2)32-8-5-4-6-9-32)28-40-50-27-38(51-40)31-13-11-30(12-14-31)34-15-17-36-35(26-34)16-18-37-43(36)53-44(52-37)39-10-7-21-57(39)46(59)42(55-48(61)63-3)33-19-22-64-23-20-33/h4-6,8-9,11-18,26-27,33,39,41-42H,7,10,19-25,28-29H2,1-3H3,(H,50,51)(H,52,53)(H,54,60)(H,55,61)/t39-,41+,42-/m0/s1. The molecule has 0 bridgehead atoms. The maximum Gasteiger partial charge on any atom is 0.407 e. The highest BCUT2D eigenvalue weighted by molar-refractivity contribution is 6.05. The number of rotatable bonds is 13. The molecule has 4 N–H and O–H groups in total. The second kappa shape index (κ2) is 19.3. The van der Waals surface area contributed by atoms with Crippen LogP contribution in [0.5, 0.6) is 0 Å². The lowest BCUT2D eigenvalue weighted by molar-refractivity contribution is -0.168. The number of amides is 4. The number of alkyl carbamates (subject to hydrolysis) is 2. The number of carbonyl (C=O) groups is 4. The number of benzene rings is 4. The molecule has 17 nitrogen and oxygen atoms in total. The first kappa shape index (κ1) is 44.4. The quantitative estimate of drug-likeness (QED) is 0.0953. The first-order valence-electron chi connectivity index (χ1n) is 22.4. The van der Waals surface area contributed by atoms with Gasteiger partial charge in [0.15, 0.2) is 5.79 Å². The van der Waals surface area contributed by atoms with Crippen molar-refractivity contribution < 1.29 is 42.9 Å². The van der Waals surface area contributed by atoms with Crippen LogP contribution in [0.25, 0.3) is 44.2 Å². The van der Waals surface area contributed by atoms with Crippen molar-refractivity contribution in [2.75, 3.05) is 53.7 Å². The van der Waals surface area contributed by atoms with Crippen LogP contribution in [0, 0.1) is 5.92 Å². The Hall–Kier alpha value is -6.82. The number of nitrogens with one attached hydrogen (secondary N) is 4. The smallest absolute Gasteiger partial charge is 0.407 e. The first-order valence-corrected chi connectivity index (χ1v) is 22.4. The number of fused-ring (bicyclic) bond motifs is 3. The van der Waals surface area contributed by atoms with Crippen molar-refractivity contribution in [3.8, 4) is 22.4 Å². The molecule has 3 atom stereocenters. The van der Waals surface area contributed by atoms with Crippen molar-refractivity contribution >= 4 is 45.8 Å². The fraction of sp³-hybridized carbons (Fsp3) is 0.388. The number of imidazole rings is 2. The van der Waals surface area contributed by atoms with Gasteiger partial charge >= 0.3 is 12.2 Å². The van der Waals surface area contributed by atoms with Gasteiger partial charge in [0, 0.05) is 25.1 Å². The van der Waals surface area contributed by atoms with Gasteiger partial charge in [-0.05, 0) is 78.3 Å². The largest absolute Gasteiger partial charge is 0.453 e. The van der Waals surface area contributed by atoms with E-state index < -0.39 is 30.1 Å². The van der Waals surface area contributed by atoms with Gasteiger partial charge in [0.2, 0.25) is 5.91 Å². The summed E-state index contributed by atoms with van der Waals surface area (Å²) in [4.78, 5) is 73.2. The molecule has 3 saturated heterocycles. The van der Waals surface area contributed by atoms with Crippen LogP contribution in [0.3, 0.4) is 0 Å². The van der Waals surface area contributed by atoms with Crippen LogP contribution < -0.4 is 10.6 Å². The number of carbonyl (C=O) groups excluding carboxylic acids is 4. The van der Waals surface area contributed by atoms with Gasteiger partial charge in [0.05, 0.1) is 69.5 Å². The zero-order chi connectivity index (χ0) is 45.8. The molecule has 17 heteroatoms. The van der Waals surface area contributed by atoms with E-state index in [1.807, 2.05) is 29.2 Å². The van der Waals surface area contributed by atoms with Gasteiger partial charge in [-0.1, -0.05) is 72.8 Å². The molecule has 4 amide bonds. The Morgan fingerprint density at radius 3 is 2.30 bits per heavy atom. The second-order valence-electron chi connectivity index (χ2n) is 17.1. The lowest BCUT2D eigenvalue weighted by Crippen LogP contribution is -2.53. The summed E-state index contributed by atoms with van der Waals surface area (Å²) < 4.78 is 27.1. The van der Waals surface area contributed by atoms with E-state index in [2.05, 4.69) is 62.0 Å². The highest BCUT2D eigenvalue weighted by atomic mass is 16.7. The topological polar surface area (TPSA) is 202 Å². The molecular weight excluding hydrogens is 845 g/mol. The maximum atomic E-state index is 14.3. The maximum absolute atomic E-state index is 14.3. The molecule has 6 aromatic rings. The van der Waals surface area contributed by atoms with Gasteiger partial charge < -0.3 is 54.1 Å². The molecule has 3 fully saturated rings. The average molecular weight is 899 g/mol. The minimum atomic E-state index is -1.04. The van der Waals surface area contributed by atoms with E-state index in [9.17, 15) is 19.2 Å². The van der Waals surface area contributed by atoms with E-state index in [4.69, 9.17) is 28.7 Å². The van der Waals surface area contributed by atoms with Gasteiger partial charge in [-0.15, -0.1) is 0 Å². The van der Waals surface area contributed by atoms with Crippen LogP contribution in [0.15, 0.2) is 91.1 Å². The van der Waals surface area contributed by atoms with E-state index in [1.165, 1.54) is 14.2 Å². The summed E-state index contributed by atoms with van der Waals surface area (Å²) >= 11 is 0. The molecule has 2 aromatic heterocycles. The number of H-pyrrole nitrogens is 2. The summed E-state index contributed by atoms with van der Waals surface area (Å²) in [7, 11) is 2.56. The Labute approximate surface area is 381 Å². The Balaban J connectivity index is 0.913. The molecule has 9 rings (SSSR count). The predicted octanol–water partition coefficient (Wildman–Crippen LogP) is 6.78. The van der Waals surface area contributed by atoms with Crippen molar-refractivity contribution in [1.29, 1.82) is 0 Å². The van der Waals surface area contributed by atoms with Crippen LogP contribution in [0.1, 0.15) is 61.9 Å². The summed E-state index contributed by atoms with van der Waals surface area (Å²) in [5.74, 6) is -0.317. The Bertz CT molecular complexity index is 2690. The third-order valence-corrected chi connectivity index (χ3v) is 12.8. The molecule has 66 heavy (non-hydrogen) atoms. The number of nitrogens with zero attached hydrogens (tertiary/aromatic N) is 4. The number of likely N-dealkylation sites (tertiary alicyclic amines) is 1. The van der Waals surface area contributed by atoms with Crippen molar-refractivity contribution in [2.24, 2.45) is 5.92 Å². The molecule has 0 saturated carbocycles. The van der Waals surface area contributed by atoms with Crippen LogP contribution in [0.2, 0.25) is 0 Å². The predicted molar refractivity (Wildman–Crippen MR) is 244 cm³/mol. The lowest BCUT2D eigenvalue weighted by Gasteiger charge is -2.34. The summed E-state index contributed by atoms with van der Waals surface area (Å²) in [6.07, 6.45) is 3.34. The van der Waals surface area contributed by atoms with Crippen LogP contribution >= 0.6 is 0 Å². The molecule has 0 radical (unpaired) electrons. The number of ether oxygens (including phenoxy) is 5. The van der Waals surface area contributed by atoms with Gasteiger partial charge in [-0.2, -0.15) is 0 Å². The van der Waals surface area contributed by atoms with Crippen LogP contribution in [-0.4, -0.2) is 119 Å². The molecule has 3 aliphatic rings. The highest BCUT2D eigenvalue weighted by Gasteiger charge is 2.41. The highest BCUT2D eigenvalue weighted by Crippen LogP contribution is 2.36. The normalized spacial score (nSPS) is 18.2. The molecule has 344 valence electrons. The van der Waals surface area contributed by atoms with Crippen LogP contribution in [0.4, 0.5) is 9.59 Å². The Morgan fingerprint density at radius 1 is 0.848 bits per heavy atom. The monoisotopic (exact) mass is 898 g/mol. The first-order chi connectivity index (χ1) is 32.1. The van der Waals surface area contributed by atoms with E-state index >= 15 is 0 Å². The number of methoxy groups -OCH3 is 2. The number of hydrogen-bond donors (Lipinski definition) is 4. The van der Waals surface area contributed by atoms with Crippen molar-refractivity contribution in [2.45, 2.75) is 63.1 Å². The molecule has 5 heterocycles. The number of hydrogen-bond acceptors (Lipinski definition) is 11. The Morgan fingerprint density at radius 2 is 1.56 bits per heavy atom. The summed E-state index contributed by atoms with van der Waals surface area (Å²) in [6.45, 7) is 4.45.